The van der Waals surface area contributed by atoms with Crippen LogP contribution in [0.1, 0.15) is 66.1 Å². The van der Waals surface area contributed by atoms with E-state index < -0.39 is 59.9 Å². The van der Waals surface area contributed by atoms with Crippen LogP contribution < -0.4 is 4.90 Å². The van der Waals surface area contributed by atoms with Gasteiger partial charge in [0.25, 0.3) is 5.95 Å². The number of amides is 1. The molecule has 252 valence electrons. The second kappa shape index (κ2) is 13.5. The Morgan fingerprint density at radius 1 is 0.848 bits per heavy atom. The summed E-state index contributed by atoms with van der Waals surface area (Å²) in [5.74, 6) is -0.308. The molecule has 1 fully saturated rings. The van der Waals surface area contributed by atoms with Crippen LogP contribution in [0, 0.1) is 0 Å². The van der Waals surface area contributed by atoms with Gasteiger partial charge in [-0.15, -0.1) is 5.10 Å². The molecular formula is C29H32F9N7O. The molecule has 0 bridgehead atoms. The number of aromatic nitrogens is 4. The molecule has 2 heterocycles. The lowest BCUT2D eigenvalue weighted by atomic mass is 9.94. The molecule has 1 aromatic heterocycles. The summed E-state index contributed by atoms with van der Waals surface area (Å²) in [6.07, 6.45) is -13.8. The van der Waals surface area contributed by atoms with Crippen LogP contribution >= 0.6 is 0 Å². The van der Waals surface area contributed by atoms with Crippen molar-refractivity contribution in [2.45, 2.75) is 64.3 Å². The summed E-state index contributed by atoms with van der Waals surface area (Å²) in [6, 6.07) is 3.90. The van der Waals surface area contributed by atoms with Gasteiger partial charge >= 0.3 is 18.5 Å². The molecule has 1 aliphatic heterocycles. The van der Waals surface area contributed by atoms with E-state index in [2.05, 4.69) is 20.3 Å². The number of tetrazole rings is 1. The first kappa shape index (κ1) is 35.0. The van der Waals surface area contributed by atoms with Crippen molar-refractivity contribution in [2.24, 2.45) is 7.05 Å². The SMILES string of the molecule is CCC(c1ccc(C(F)(F)F)cc1CN(Cc1cc(C(F)(F)F)cc(C(F)(F)F)c1)c1nnn(C)n1)N1CCCN(C(C)=O)CC1. The number of benzene rings is 2. The maximum atomic E-state index is 13.9. The van der Waals surface area contributed by atoms with Crippen molar-refractivity contribution >= 4 is 11.9 Å². The minimum absolute atomic E-state index is 0.000405. The zero-order chi connectivity index (χ0) is 34.0. The molecule has 0 spiro atoms. The molecule has 17 heteroatoms. The van der Waals surface area contributed by atoms with Crippen molar-refractivity contribution in [2.75, 3.05) is 31.1 Å². The van der Waals surface area contributed by atoms with E-state index in [1.807, 2.05) is 6.92 Å². The van der Waals surface area contributed by atoms with Gasteiger partial charge in [0.1, 0.15) is 0 Å². The van der Waals surface area contributed by atoms with E-state index in [1.54, 1.807) is 4.90 Å². The summed E-state index contributed by atoms with van der Waals surface area (Å²) < 4.78 is 123. The number of nitrogens with zero attached hydrogens (tertiary/aromatic N) is 7. The summed E-state index contributed by atoms with van der Waals surface area (Å²) in [4.78, 5) is 17.9. The highest BCUT2D eigenvalue weighted by Gasteiger charge is 2.38. The fourth-order valence-electron chi connectivity index (χ4n) is 5.62. The van der Waals surface area contributed by atoms with Gasteiger partial charge in [0.2, 0.25) is 5.91 Å². The molecule has 4 rings (SSSR count). The lowest BCUT2D eigenvalue weighted by molar-refractivity contribution is -0.143. The van der Waals surface area contributed by atoms with Crippen LogP contribution in [0.15, 0.2) is 36.4 Å². The summed E-state index contributed by atoms with van der Waals surface area (Å²) in [5, 5.41) is 11.6. The van der Waals surface area contributed by atoms with E-state index in [0.717, 1.165) is 16.9 Å². The Hall–Kier alpha value is -3.89. The van der Waals surface area contributed by atoms with Crippen LogP contribution in [-0.2, 0) is 43.5 Å². The fraction of sp³-hybridized carbons (Fsp3) is 0.517. The molecule has 2 aromatic carbocycles. The minimum atomic E-state index is -5.10. The average molecular weight is 666 g/mol. The van der Waals surface area contributed by atoms with Crippen molar-refractivity contribution in [1.82, 2.24) is 30.0 Å². The van der Waals surface area contributed by atoms with Crippen LogP contribution in [0.25, 0.3) is 0 Å². The molecule has 0 radical (unpaired) electrons. The molecule has 8 nitrogen and oxygen atoms in total. The van der Waals surface area contributed by atoms with Crippen molar-refractivity contribution in [3.63, 3.8) is 0 Å². The first-order chi connectivity index (χ1) is 21.4. The third-order valence-electron chi connectivity index (χ3n) is 7.80. The van der Waals surface area contributed by atoms with Crippen LogP contribution in [0.3, 0.4) is 0 Å². The van der Waals surface area contributed by atoms with E-state index in [-0.39, 0.29) is 23.5 Å². The summed E-state index contributed by atoms with van der Waals surface area (Å²) >= 11 is 0. The summed E-state index contributed by atoms with van der Waals surface area (Å²) in [7, 11) is 1.38. The van der Waals surface area contributed by atoms with Gasteiger partial charge < -0.3 is 9.80 Å². The van der Waals surface area contributed by atoms with Gasteiger partial charge in [-0.1, -0.05) is 18.1 Å². The molecule has 0 saturated carbocycles. The molecular weight excluding hydrogens is 633 g/mol. The highest BCUT2D eigenvalue weighted by molar-refractivity contribution is 5.73. The van der Waals surface area contributed by atoms with Crippen LogP contribution in [0.5, 0.6) is 0 Å². The Labute approximate surface area is 258 Å². The van der Waals surface area contributed by atoms with Crippen LogP contribution in [-0.4, -0.2) is 62.1 Å². The molecule has 1 unspecified atom stereocenters. The number of hydrogen-bond donors (Lipinski definition) is 0. The number of halogens is 9. The zero-order valence-corrected chi connectivity index (χ0v) is 25.1. The van der Waals surface area contributed by atoms with Gasteiger partial charge in [0, 0.05) is 52.2 Å². The second-order valence-corrected chi connectivity index (χ2v) is 11.1. The Bertz CT molecular complexity index is 1490. The Balaban J connectivity index is 1.80. The Kier molecular flexibility index (Phi) is 10.2. The standard InChI is InChI=1S/C29H32F9N7O/c1-4-25(44-9-5-8-43(10-11-44)18(2)46)24-7-6-21(27(30,31)32)14-20(24)17-45(26-39-41-42(3)40-26)16-19-12-22(28(33,34)35)15-23(13-19)29(36,37)38/h6-7,12-15,25H,4-5,8-11,16-17H2,1-3H3. The number of rotatable bonds is 8. The predicted octanol–water partition coefficient (Wildman–Crippen LogP) is 6.48. The smallest absolute Gasteiger partial charge is 0.342 e. The fourth-order valence-corrected chi connectivity index (χ4v) is 5.62. The molecule has 1 aliphatic rings. The van der Waals surface area contributed by atoms with Crippen LogP contribution in [0.4, 0.5) is 45.5 Å². The quantitative estimate of drug-likeness (QED) is 0.257. The topological polar surface area (TPSA) is 70.4 Å². The van der Waals surface area contributed by atoms with Gasteiger partial charge in [0.05, 0.1) is 23.7 Å². The van der Waals surface area contributed by atoms with Crippen molar-refractivity contribution in [3.05, 3.63) is 69.8 Å². The van der Waals surface area contributed by atoms with Crippen LogP contribution in [0.2, 0.25) is 0 Å². The lowest BCUT2D eigenvalue weighted by Crippen LogP contribution is -2.36. The van der Waals surface area contributed by atoms with Gasteiger partial charge in [-0.05, 0) is 65.1 Å². The minimum Gasteiger partial charge on any atom is -0.342 e. The summed E-state index contributed by atoms with van der Waals surface area (Å²) in [5.41, 5.74) is -3.84. The van der Waals surface area contributed by atoms with Crippen molar-refractivity contribution in [1.29, 1.82) is 0 Å². The molecule has 1 saturated heterocycles. The largest absolute Gasteiger partial charge is 0.416 e. The Morgan fingerprint density at radius 3 is 2.00 bits per heavy atom. The zero-order valence-electron chi connectivity index (χ0n) is 25.1. The van der Waals surface area contributed by atoms with Crippen molar-refractivity contribution < 1.29 is 44.3 Å². The normalized spacial score (nSPS) is 16.0. The van der Waals surface area contributed by atoms with Crippen molar-refractivity contribution in [3.8, 4) is 0 Å². The monoisotopic (exact) mass is 665 g/mol. The lowest BCUT2D eigenvalue weighted by Gasteiger charge is -2.33. The Morgan fingerprint density at radius 2 is 1.48 bits per heavy atom. The number of anilines is 1. The molecule has 46 heavy (non-hydrogen) atoms. The summed E-state index contributed by atoms with van der Waals surface area (Å²) in [6.45, 7) is 4.22. The van der Waals surface area contributed by atoms with Gasteiger partial charge in [-0.2, -0.15) is 44.3 Å². The highest BCUT2D eigenvalue weighted by atomic mass is 19.4. The maximum absolute atomic E-state index is 13.9. The first-order valence-corrected chi connectivity index (χ1v) is 14.3. The predicted molar refractivity (Wildman–Crippen MR) is 148 cm³/mol. The molecule has 1 atom stereocenters. The molecule has 1 amide bonds. The highest BCUT2D eigenvalue weighted by Crippen LogP contribution is 2.38. The van der Waals surface area contributed by atoms with Gasteiger partial charge in [-0.25, -0.2) is 0 Å². The molecule has 0 N–H and O–H groups in total. The maximum Gasteiger partial charge on any atom is 0.416 e. The first-order valence-electron chi connectivity index (χ1n) is 14.3. The number of hydrogen-bond acceptors (Lipinski definition) is 6. The number of aryl methyl sites for hydroxylation is 1. The number of carbonyl (C=O) groups is 1. The average Bonchev–Trinajstić information content (AvgIpc) is 3.23. The van der Waals surface area contributed by atoms with E-state index >= 15 is 0 Å². The van der Waals surface area contributed by atoms with E-state index in [0.29, 0.717) is 56.7 Å². The van der Waals surface area contributed by atoms with E-state index in [4.69, 9.17) is 0 Å². The number of carbonyl (C=O) groups excluding carboxylic acids is 1. The number of alkyl halides is 9. The third-order valence-corrected chi connectivity index (χ3v) is 7.80. The van der Waals surface area contributed by atoms with E-state index in [9.17, 15) is 44.3 Å². The van der Waals surface area contributed by atoms with E-state index in [1.165, 1.54) is 24.9 Å². The molecule has 3 aromatic rings. The third kappa shape index (κ3) is 8.47. The molecule has 0 aliphatic carbocycles. The second-order valence-electron chi connectivity index (χ2n) is 11.1. The van der Waals surface area contributed by atoms with Gasteiger partial charge in [-0.3, -0.25) is 9.69 Å². The van der Waals surface area contributed by atoms with Gasteiger partial charge in [0.15, 0.2) is 0 Å².